The predicted molar refractivity (Wildman–Crippen MR) is 187 cm³/mol. The van der Waals surface area contributed by atoms with E-state index in [1.807, 2.05) is 12.1 Å². The summed E-state index contributed by atoms with van der Waals surface area (Å²) in [5.74, 6) is -0.908. The first-order valence-electron chi connectivity index (χ1n) is 16.4. The van der Waals surface area contributed by atoms with E-state index in [0.717, 1.165) is 24.8 Å². The zero-order valence-electron chi connectivity index (χ0n) is 27.8. The van der Waals surface area contributed by atoms with Crippen molar-refractivity contribution in [3.63, 3.8) is 0 Å². The average molecular weight is 714 g/mol. The first-order chi connectivity index (χ1) is 24.7. The number of rotatable bonds is 10. The van der Waals surface area contributed by atoms with Crippen molar-refractivity contribution in [1.82, 2.24) is 30.0 Å². The number of fused-ring (bicyclic) bond motifs is 1. The van der Waals surface area contributed by atoms with Crippen LogP contribution in [0.1, 0.15) is 52.4 Å². The van der Waals surface area contributed by atoms with E-state index in [1.165, 1.54) is 53.4 Å². The molecule has 51 heavy (non-hydrogen) atoms. The Hall–Kier alpha value is -5.76. The Bertz CT molecular complexity index is 1930. The van der Waals surface area contributed by atoms with Crippen molar-refractivity contribution in [2.75, 3.05) is 38.7 Å². The molecule has 2 aliphatic heterocycles. The number of carboxylic acid groups (broad SMARTS) is 1. The lowest BCUT2D eigenvalue weighted by atomic mass is 9.90. The number of carbonyl (C=O) groups excluding carboxylic acids is 3. The molecule has 1 saturated heterocycles. The third kappa shape index (κ3) is 8.18. The van der Waals surface area contributed by atoms with Crippen LogP contribution in [0, 0.1) is 5.92 Å². The summed E-state index contributed by atoms with van der Waals surface area (Å²) in [5, 5.41) is 23.9. The predicted octanol–water partition coefficient (Wildman–Crippen LogP) is 5.04. The van der Waals surface area contributed by atoms with Gasteiger partial charge in [-0.25, -0.2) is 9.59 Å². The van der Waals surface area contributed by atoms with Gasteiger partial charge in [-0.3, -0.25) is 9.59 Å². The molecule has 6 rings (SSSR count). The van der Waals surface area contributed by atoms with Gasteiger partial charge in [-0.05, 0) is 102 Å². The zero-order valence-corrected chi connectivity index (χ0v) is 28.5. The first kappa shape index (κ1) is 35.1. The molecule has 0 spiro atoms. The van der Waals surface area contributed by atoms with Crippen molar-refractivity contribution in [3.05, 3.63) is 100 Å². The second kappa shape index (κ2) is 15.9. The van der Waals surface area contributed by atoms with Gasteiger partial charge in [0.25, 0.3) is 5.91 Å². The van der Waals surface area contributed by atoms with Crippen molar-refractivity contribution in [1.29, 1.82) is 0 Å². The van der Waals surface area contributed by atoms with Crippen LogP contribution in [0.2, 0.25) is 5.02 Å². The highest BCUT2D eigenvalue weighted by molar-refractivity contribution is 6.30. The van der Waals surface area contributed by atoms with Gasteiger partial charge in [0.15, 0.2) is 0 Å². The molecule has 2 aliphatic rings. The molecule has 1 fully saturated rings. The van der Waals surface area contributed by atoms with E-state index < -0.39 is 23.8 Å². The highest BCUT2D eigenvalue weighted by Gasteiger charge is 2.37. The maximum absolute atomic E-state index is 14.1. The quantitative estimate of drug-likeness (QED) is 0.212. The normalized spacial score (nSPS) is 16.1. The lowest BCUT2D eigenvalue weighted by molar-refractivity contribution is -0.135. The summed E-state index contributed by atoms with van der Waals surface area (Å²) in [7, 11) is 1.39. The number of halogens is 1. The number of hydrogen-bond acceptors (Lipinski definition) is 9. The zero-order chi connectivity index (χ0) is 35.9. The Morgan fingerprint density at radius 3 is 2.53 bits per heavy atom. The third-order valence-corrected chi connectivity index (χ3v) is 9.37. The minimum absolute atomic E-state index is 0.0795. The number of ether oxygens (including phenoxy) is 2. The van der Waals surface area contributed by atoms with Crippen molar-refractivity contribution < 1.29 is 33.8 Å². The Morgan fingerprint density at radius 1 is 1.04 bits per heavy atom. The number of piperidine rings is 1. The van der Waals surface area contributed by atoms with Gasteiger partial charge in [0.05, 0.1) is 25.0 Å². The monoisotopic (exact) mass is 713 g/mol. The maximum atomic E-state index is 14.1. The molecule has 0 bridgehead atoms. The molecule has 0 radical (unpaired) electrons. The molecule has 14 nitrogen and oxygen atoms in total. The number of anilines is 1. The smallest absolute Gasteiger partial charge is 0.409 e. The van der Waals surface area contributed by atoms with Crippen molar-refractivity contribution in [3.8, 4) is 11.4 Å². The first-order valence-corrected chi connectivity index (χ1v) is 16.8. The van der Waals surface area contributed by atoms with E-state index >= 15 is 0 Å². The van der Waals surface area contributed by atoms with Gasteiger partial charge < -0.3 is 29.7 Å². The van der Waals surface area contributed by atoms with Gasteiger partial charge >= 0.3 is 12.1 Å². The van der Waals surface area contributed by atoms with Crippen LogP contribution < -0.4 is 10.1 Å². The molecule has 2 N–H and O–H groups in total. The maximum Gasteiger partial charge on any atom is 0.409 e. The third-order valence-electron chi connectivity index (χ3n) is 9.13. The molecule has 4 aromatic rings. The molecule has 15 heteroatoms. The minimum Gasteiger partial charge on any atom is -0.493 e. The molecular weight excluding hydrogens is 678 g/mol. The Morgan fingerprint density at radius 2 is 1.82 bits per heavy atom. The van der Waals surface area contributed by atoms with Gasteiger partial charge in [0.1, 0.15) is 18.1 Å². The number of nitrogens with zero attached hydrogens (tertiary/aromatic N) is 6. The summed E-state index contributed by atoms with van der Waals surface area (Å²) >= 11 is 6.28. The number of amides is 3. The fourth-order valence-electron chi connectivity index (χ4n) is 6.46. The van der Waals surface area contributed by atoms with E-state index in [-0.39, 0.29) is 18.2 Å². The number of aromatic carboxylic acids is 1. The summed E-state index contributed by atoms with van der Waals surface area (Å²) in [5.41, 5.74) is 3.12. The molecular formula is C36H36ClN7O7. The molecule has 3 heterocycles. The number of hydrogen-bond donors (Lipinski definition) is 2. The van der Waals surface area contributed by atoms with Gasteiger partial charge in [-0.1, -0.05) is 23.7 Å². The minimum atomic E-state index is -1.08. The summed E-state index contributed by atoms with van der Waals surface area (Å²) in [6.45, 7) is 1.97. The van der Waals surface area contributed by atoms with E-state index in [2.05, 4.69) is 20.8 Å². The number of likely N-dealkylation sites (tertiary alicyclic amines) is 1. The van der Waals surface area contributed by atoms with Gasteiger partial charge in [-0.15, -0.1) is 5.10 Å². The number of methoxy groups -OCH3 is 1. The number of nitrogens with one attached hydrogen (secondary N) is 1. The number of carboxylic acids is 1. The molecule has 0 saturated carbocycles. The molecule has 1 aromatic heterocycles. The van der Waals surface area contributed by atoms with E-state index in [1.54, 1.807) is 35.2 Å². The van der Waals surface area contributed by atoms with Crippen LogP contribution in [0.5, 0.6) is 5.75 Å². The van der Waals surface area contributed by atoms with Crippen molar-refractivity contribution in [2.45, 2.75) is 31.7 Å². The van der Waals surface area contributed by atoms with Gasteiger partial charge in [0, 0.05) is 47.5 Å². The summed E-state index contributed by atoms with van der Waals surface area (Å²) in [6.07, 6.45) is 7.09. The SMILES string of the molecule is COC(=O)N1CCC(CCOc2cccc3c2CCN(C(=O)C=Cc2cc(Cl)ccc2-n2cnnn2)C3C(=O)Nc2ccc(C(=O)O)cc2)CC1. The van der Waals surface area contributed by atoms with E-state index in [0.29, 0.717) is 65.3 Å². The molecule has 1 atom stereocenters. The largest absolute Gasteiger partial charge is 0.493 e. The van der Waals surface area contributed by atoms with Crippen LogP contribution in [0.25, 0.3) is 11.8 Å². The average Bonchev–Trinajstić information content (AvgIpc) is 3.68. The van der Waals surface area contributed by atoms with E-state index in [4.69, 9.17) is 21.1 Å². The number of carbonyl (C=O) groups is 4. The number of benzene rings is 3. The van der Waals surface area contributed by atoms with Crippen LogP contribution in [0.15, 0.2) is 73.1 Å². The Balaban J connectivity index is 1.23. The summed E-state index contributed by atoms with van der Waals surface area (Å²) in [4.78, 5) is 54.4. The molecule has 3 amide bonds. The lowest BCUT2D eigenvalue weighted by Crippen LogP contribution is -2.44. The second-order valence-electron chi connectivity index (χ2n) is 12.2. The Labute approximate surface area is 298 Å². The fourth-order valence-corrected chi connectivity index (χ4v) is 6.64. The highest BCUT2D eigenvalue weighted by Crippen LogP contribution is 2.37. The summed E-state index contributed by atoms with van der Waals surface area (Å²) < 4.78 is 12.6. The van der Waals surface area contributed by atoms with Crippen LogP contribution in [0.3, 0.4) is 0 Å². The van der Waals surface area contributed by atoms with Gasteiger partial charge in [0.2, 0.25) is 5.91 Å². The lowest BCUT2D eigenvalue weighted by Gasteiger charge is -2.36. The van der Waals surface area contributed by atoms with Crippen LogP contribution in [-0.4, -0.2) is 92.3 Å². The molecule has 1 unspecified atom stereocenters. The highest BCUT2D eigenvalue weighted by atomic mass is 35.5. The van der Waals surface area contributed by atoms with E-state index in [9.17, 15) is 24.3 Å². The van der Waals surface area contributed by atoms with Gasteiger partial charge in [-0.2, -0.15) is 4.68 Å². The van der Waals surface area contributed by atoms with Crippen molar-refractivity contribution in [2.24, 2.45) is 5.92 Å². The molecule has 264 valence electrons. The standard InChI is InChI=1S/C36H36ClN7O7/c1-50-36(49)42-17-13-23(14-18-42)16-20-51-31-4-2-3-29-28(31)15-19-43(33(29)34(46)39-27-9-5-24(6-10-27)35(47)48)32(45)12-7-25-21-26(37)8-11-30(25)44-22-38-40-41-44/h2-12,21-23,33H,13-20H2,1H3,(H,39,46)(H,47,48). The van der Waals surface area contributed by atoms with Crippen LogP contribution in [-0.2, 0) is 20.7 Å². The topological polar surface area (TPSA) is 169 Å². The molecule has 3 aromatic carbocycles. The fraction of sp³-hybridized carbons (Fsp3) is 0.306. The van der Waals surface area contributed by atoms with Crippen molar-refractivity contribution >= 4 is 47.2 Å². The number of aromatic nitrogens is 4. The summed E-state index contributed by atoms with van der Waals surface area (Å²) in [6, 6.07) is 15.4. The Kier molecular flexibility index (Phi) is 10.9. The number of tetrazole rings is 1. The van der Waals surface area contributed by atoms with Crippen LogP contribution >= 0.6 is 11.6 Å². The molecule has 0 aliphatic carbocycles. The second-order valence-corrected chi connectivity index (χ2v) is 12.6. The van der Waals surface area contributed by atoms with Crippen LogP contribution in [0.4, 0.5) is 10.5 Å².